The number of Topliss-reactive ketones (excluding diaryl/α,β-unsaturated/α-hetero) is 1. The molecule has 0 unspecified atom stereocenters. The van der Waals surface area contributed by atoms with Crippen LogP contribution in [-0.2, 0) is 14.3 Å². The lowest BCUT2D eigenvalue weighted by atomic mass is 9.95. The van der Waals surface area contributed by atoms with Gasteiger partial charge in [0.15, 0.2) is 5.78 Å². The van der Waals surface area contributed by atoms with Gasteiger partial charge in [0, 0.05) is 18.2 Å². The lowest BCUT2D eigenvalue weighted by molar-refractivity contribution is -0.278. The highest BCUT2D eigenvalue weighted by molar-refractivity contribution is 6.02. The first kappa shape index (κ1) is 28.9. The Kier molecular flexibility index (Phi) is 8.31. The number of ether oxygens (including phenoxy) is 4. The van der Waals surface area contributed by atoms with E-state index in [2.05, 4.69) is 0 Å². The van der Waals surface area contributed by atoms with E-state index < -0.39 is 55.1 Å². The summed E-state index contributed by atoms with van der Waals surface area (Å²) in [6, 6.07) is 14.6. The monoisotopic (exact) mass is 580 g/mol. The van der Waals surface area contributed by atoms with E-state index >= 15 is 0 Å². The Labute approximate surface area is 239 Å². The number of aliphatic hydroxyl groups is 3. The van der Waals surface area contributed by atoms with Gasteiger partial charge in [0.25, 0.3) is 0 Å². The van der Waals surface area contributed by atoms with Gasteiger partial charge in [-0.1, -0.05) is 24.3 Å². The van der Waals surface area contributed by atoms with Gasteiger partial charge in [0.1, 0.15) is 71.4 Å². The number of rotatable bonds is 7. The Bertz CT molecular complexity index is 1470. The number of hydrogen-bond donors (Lipinski definition) is 6. The Morgan fingerprint density at radius 2 is 1.57 bits per heavy atom. The minimum absolute atomic E-state index is 0.0103. The van der Waals surface area contributed by atoms with E-state index in [9.17, 15) is 40.2 Å². The number of fused-ring (bicyclic) bond motifs is 1. The van der Waals surface area contributed by atoms with Crippen LogP contribution in [0, 0.1) is 0 Å². The van der Waals surface area contributed by atoms with Crippen LogP contribution in [0.15, 0.2) is 66.7 Å². The second-order valence-corrected chi connectivity index (χ2v) is 9.83. The molecule has 0 aromatic heterocycles. The van der Waals surface area contributed by atoms with Crippen LogP contribution in [-0.4, -0.2) is 79.7 Å². The number of phenolic OH excluding ortho intramolecular Hbond substituents is 3. The molecule has 0 amide bonds. The van der Waals surface area contributed by atoms with Gasteiger partial charge in [0.2, 0.25) is 6.29 Å². The summed E-state index contributed by atoms with van der Waals surface area (Å²) in [5.41, 5.74) is 1.19. The fraction of sp³-hybridized carbons (Fsp3) is 0.267. The lowest BCUT2D eigenvalue weighted by Gasteiger charge is -2.40. The van der Waals surface area contributed by atoms with Crippen molar-refractivity contribution in [2.24, 2.45) is 0 Å². The van der Waals surface area contributed by atoms with Gasteiger partial charge >= 0.3 is 5.97 Å². The van der Waals surface area contributed by atoms with Gasteiger partial charge in [-0.15, -0.1) is 0 Å². The molecule has 0 saturated carbocycles. The maximum absolute atomic E-state index is 12.8. The Balaban J connectivity index is 1.26. The first-order chi connectivity index (χ1) is 20.1. The molecule has 1 fully saturated rings. The molecule has 3 aromatic carbocycles. The molecule has 0 radical (unpaired) electrons. The summed E-state index contributed by atoms with van der Waals surface area (Å²) in [5, 5.41) is 60.7. The molecule has 2 aliphatic rings. The quantitative estimate of drug-likeness (QED) is 0.176. The van der Waals surface area contributed by atoms with Crippen LogP contribution in [0.3, 0.4) is 0 Å². The largest absolute Gasteiger partial charge is 0.508 e. The predicted octanol–water partition coefficient (Wildman–Crippen LogP) is 1.95. The van der Waals surface area contributed by atoms with E-state index in [1.807, 2.05) is 0 Å². The van der Waals surface area contributed by atoms with Crippen molar-refractivity contribution < 1.29 is 59.2 Å². The number of hydrogen-bond acceptors (Lipinski definition) is 12. The highest BCUT2D eigenvalue weighted by Gasteiger charge is 2.45. The van der Waals surface area contributed by atoms with Crippen LogP contribution in [0.4, 0.5) is 0 Å². The standard InChI is InChI=1S/C30H28O12/c31-17-6-1-15(2-7-17)3-10-25(35)39-14-24-27(36)28(37)29(38)30(42-24)40-19-11-20(33)26-21(34)13-22(41-23(26)12-19)16-4-8-18(32)9-5-16/h1-12,22,24,27-33,36-38H,13-14H2/b10-3-/t22-,24+,27-,28-,29-,30+/m0/s1. The number of benzene rings is 3. The van der Waals surface area contributed by atoms with E-state index in [4.69, 9.17) is 18.9 Å². The fourth-order valence-electron chi connectivity index (χ4n) is 4.61. The zero-order valence-corrected chi connectivity index (χ0v) is 21.9. The molecule has 1 saturated heterocycles. The second kappa shape index (κ2) is 12.1. The Hall–Kier alpha value is -4.62. The van der Waals surface area contributed by atoms with Gasteiger partial charge in [0.05, 0.1) is 6.42 Å². The molecule has 0 bridgehead atoms. The normalized spacial score (nSPS) is 25.5. The van der Waals surface area contributed by atoms with Crippen molar-refractivity contribution in [1.29, 1.82) is 0 Å². The van der Waals surface area contributed by atoms with Crippen LogP contribution in [0.25, 0.3) is 6.08 Å². The molecule has 3 aromatic rings. The lowest BCUT2D eigenvalue weighted by Crippen LogP contribution is -2.60. The van der Waals surface area contributed by atoms with Crippen molar-refractivity contribution in [3.8, 4) is 28.7 Å². The summed E-state index contributed by atoms with van der Waals surface area (Å²) in [5.74, 6) is -1.55. The van der Waals surface area contributed by atoms with Gasteiger partial charge in [-0.2, -0.15) is 0 Å². The molecule has 2 heterocycles. The average Bonchev–Trinajstić information content (AvgIpc) is 2.96. The summed E-state index contributed by atoms with van der Waals surface area (Å²) in [6.45, 7) is -0.495. The van der Waals surface area contributed by atoms with Crippen molar-refractivity contribution >= 4 is 17.8 Å². The van der Waals surface area contributed by atoms with Crippen LogP contribution < -0.4 is 9.47 Å². The van der Waals surface area contributed by atoms with Crippen LogP contribution in [0.1, 0.15) is 34.0 Å². The second-order valence-electron chi connectivity index (χ2n) is 9.83. The number of aliphatic hydroxyl groups excluding tert-OH is 3. The summed E-state index contributed by atoms with van der Waals surface area (Å²) < 4.78 is 22.3. The average molecular weight is 581 g/mol. The Morgan fingerprint density at radius 3 is 2.26 bits per heavy atom. The molecule has 5 rings (SSSR count). The van der Waals surface area contributed by atoms with Crippen molar-refractivity contribution in [3.05, 3.63) is 83.4 Å². The topological polar surface area (TPSA) is 192 Å². The number of esters is 1. The van der Waals surface area contributed by atoms with E-state index in [1.165, 1.54) is 36.4 Å². The highest BCUT2D eigenvalue weighted by Crippen LogP contribution is 2.42. The minimum atomic E-state index is -1.73. The molecular formula is C30H28O12. The Morgan fingerprint density at radius 1 is 0.905 bits per heavy atom. The number of aromatic hydroxyl groups is 3. The smallest absolute Gasteiger partial charge is 0.330 e. The maximum Gasteiger partial charge on any atom is 0.330 e. The molecule has 0 spiro atoms. The van der Waals surface area contributed by atoms with Gasteiger partial charge in [-0.25, -0.2) is 4.79 Å². The summed E-state index contributed by atoms with van der Waals surface area (Å²) in [4.78, 5) is 25.0. The van der Waals surface area contributed by atoms with Gasteiger partial charge in [-0.3, -0.25) is 4.79 Å². The highest BCUT2D eigenvalue weighted by atomic mass is 16.7. The molecule has 6 atom stereocenters. The first-order valence-electron chi connectivity index (χ1n) is 12.9. The van der Waals surface area contributed by atoms with E-state index in [1.54, 1.807) is 24.3 Å². The summed E-state index contributed by atoms with van der Waals surface area (Å²) in [6.07, 6.45) is -6.12. The summed E-state index contributed by atoms with van der Waals surface area (Å²) in [7, 11) is 0. The van der Waals surface area contributed by atoms with Crippen LogP contribution in [0.5, 0.6) is 28.7 Å². The molecule has 2 aliphatic heterocycles. The molecule has 6 N–H and O–H groups in total. The molecule has 0 aliphatic carbocycles. The predicted molar refractivity (Wildman–Crippen MR) is 144 cm³/mol. The first-order valence-corrected chi connectivity index (χ1v) is 12.9. The molecule has 220 valence electrons. The zero-order valence-electron chi connectivity index (χ0n) is 21.9. The van der Waals surface area contributed by atoms with Gasteiger partial charge in [-0.05, 0) is 41.5 Å². The fourth-order valence-corrected chi connectivity index (χ4v) is 4.61. The third kappa shape index (κ3) is 6.31. The van der Waals surface area contributed by atoms with E-state index in [-0.39, 0.29) is 40.8 Å². The summed E-state index contributed by atoms with van der Waals surface area (Å²) >= 11 is 0. The molecular weight excluding hydrogens is 552 g/mol. The number of carbonyl (C=O) groups excluding carboxylic acids is 2. The SMILES string of the molecule is O=C(/C=C\c1ccc(O)cc1)OC[C@H]1O[C@@H](Oc2cc(O)c3c(c2)O[C@H](c2ccc(O)cc2)CC3=O)[C@@H](O)[C@@H](O)[C@H]1O. The molecule has 42 heavy (non-hydrogen) atoms. The van der Waals surface area contributed by atoms with Crippen molar-refractivity contribution in [3.63, 3.8) is 0 Å². The number of carbonyl (C=O) groups is 2. The molecule has 12 heteroatoms. The van der Waals surface area contributed by atoms with E-state index in [0.29, 0.717) is 11.1 Å². The van der Waals surface area contributed by atoms with Crippen LogP contribution in [0.2, 0.25) is 0 Å². The third-order valence-corrected chi connectivity index (χ3v) is 6.85. The number of ketones is 1. The molecule has 12 nitrogen and oxygen atoms in total. The zero-order chi connectivity index (χ0) is 30.0. The third-order valence-electron chi connectivity index (χ3n) is 6.85. The minimum Gasteiger partial charge on any atom is -0.508 e. The van der Waals surface area contributed by atoms with Gasteiger partial charge < -0.3 is 49.6 Å². The maximum atomic E-state index is 12.8. The van der Waals surface area contributed by atoms with Crippen molar-refractivity contribution in [2.45, 2.75) is 43.2 Å². The van der Waals surface area contributed by atoms with Crippen LogP contribution >= 0.6 is 0 Å². The van der Waals surface area contributed by atoms with Crippen molar-refractivity contribution in [2.75, 3.05) is 6.61 Å². The van der Waals surface area contributed by atoms with Crippen molar-refractivity contribution in [1.82, 2.24) is 0 Å². The number of phenols is 3. The van der Waals surface area contributed by atoms with E-state index in [0.717, 1.165) is 12.1 Å².